The Balaban J connectivity index is 1.99. The van der Waals surface area contributed by atoms with Crippen molar-refractivity contribution in [3.8, 4) is 5.69 Å². The molecule has 1 aliphatic heterocycles. The number of hydrogen-bond donors (Lipinski definition) is 0. The molecule has 3 rings (SSSR count). The van der Waals surface area contributed by atoms with Crippen LogP contribution in [-0.2, 0) is 32.2 Å². The number of benzene rings is 1. The van der Waals surface area contributed by atoms with Crippen molar-refractivity contribution in [3.05, 3.63) is 61.1 Å². The summed E-state index contributed by atoms with van der Waals surface area (Å²) < 4.78 is 69.0. The van der Waals surface area contributed by atoms with Crippen molar-refractivity contribution < 1.29 is 41.4 Å². The average Bonchev–Trinajstić information content (AvgIpc) is 3.53. The average molecular weight is 509 g/mol. The van der Waals surface area contributed by atoms with Crippen molar-refractivity contribution in [2.75, 3.05) is 13.2 Å². The Morgan fingerprint density at radius 3 is 2.38 bits per heavy atom. The number of carbonyl (C=O) groups excluding carboxylic acids is 2. The van der Waals surface area contributed by atoms with Gasteiger partial charge in [-0.25, -0.2) is 23.3 Å². The van der Waals surface area contributed by atoms with Crippen molar-refractivity contribution in [1.29, 1.82) is 0 Å². The lowest BCUT2D eigenvalue weighted by Crippen LogP contribution is -2.41. The number of nitrogens with zero attached hydrogens (tertiary/aromatic N) is 2. The number of rotatable bonds is 6. The molecule has 1 aromatic carbocycles. The Morgan fingerprint density at radius 1 is 1.21 bits per heavy atom. The van der Waals surface area contributed by atoms with Gasteiger partial charge in [-0.05, 0) is 26.0 Å². The van der Waals surface area contributed by atoms with Gasteiger partial charge in [-0.15, -0.1) is 0 Å². The van der Waals surface area contributed by atoms with Crippen LogP contribution < -0.4 is 11.2 Å². The molecule has 0 radical (unpaired) electrons. The molecule has 0 spiro atoms. The predicted octanol–water partition coefficient (Wildman–Crippen LogP) is 2.22. The zero-order valence-corrected chi connectivity index (χ0v) is 18.6. The van der Waals surface area contributed by atoms with E-state index in [0.29, 0.717) is 18.7 Å². The summed E-state index contributed by atoms with van der Waals surface area (Å²) in [5.41, 5.74) is -7.79. The van der Waals surface area contributed by atoms with Crippen molar-refractivity contribution in [2.45, 2.75) is 31.7 Å². The molecule has 1 aromatic heterocycles. The molecule has 184 valence electrons. The summed E-state index contributed by atoms with van der Waals surface area (Å²) in [5.74, 6) is -3.43. The van der Waals surface area contributed by atoms with Gasteiger partial charge in [-0.1, -0.05) is 11.6 Å². The molecule has 1 atom stereocenters. The minimum atomic E-state index is -5.02. The minimum absolute atomic E-state index is 0.0542. The van der Waals surface area contributed by atoms with E-state index >= 15 is 0 Å². The van der Waals surface area contributed by atoms with Crippen LogP contribution in [0.2, 0.25) is 5.02 Å². The van der Waals surface area contributed by atoms with Crippen molar-refractivity contribution in [2.24, 2.45) is 7.05 Å². The summed E-state index contributed by atoms with van der Waals surface area (Å²) in [6.07, 6.45) is -5.26. The van der Waals surface area contributed by atoms with Gasteiger partial charge >= 0.3 is 23.8 Å². The lowest BCUT2D eigenvalue weighted by atomic mass is 10.1. The fourth-order valence-corrected chi connectivity index (χ4v) is 3.05. The monoisotopic (exact) mass is 508 g/mol. The van der Waals surface area contributed by atoms with Crippen LogP contribution in [0, 0.1) is 5.82 Å². The second kappa shape index (κ2) is 8.87. The van der Waals surface area contributed by atoms with Crippen LogP contribution >= 0.6 is 11.6 Å². The predicted molar refractivity (Wildman–Crippen MR) is 107 cm³/mol. The number of ether oxygens (including phenoxy) is 3. The molecule has 2 aromatic rings. The third-order valence-electron chi connectivity index (χ3n) is 4.75. The molecule has 0 bridgehead atoms. The molecule has 34 heavy (non-hydrogen) atoms. The van der Waals surface area contributed by atoms with Crippen LogP contribution in [0.5, 0.6) is 0 Å². The lowest BCUT2D eigenvalue weighted by Gasteiger charge is -2.23. The number of epoxide rings is 1. The largest absolute Gasteiger partial charge is 0.460 e. The maximum absolute atomic E-state index is 14.6. The third kappa shape index (κ3) is 5.14. The molecule has 1 aliphatic rings. The first kappa shape index (κ1) is 25.4. The molecular weight excluding hydrogens is 492 g/mol. The Morgan fingerprint density at radius 2 is 1.82 bits per heavy atom. The maximum atomic E-state index is 14.6. The van der Waals surface area contributed by atoms with Gasteiger partial charge in [0.25, 0.3) is 5.56 Å². The van der Waals surface area contributed by atoms with E-state index in [1.807, 2.05) is 0 Å². The van der Waals surface area contributed by atoms with Crippen LogP contribution in [-0.4, -0.2) is 46.0 Å². The van der Waals surface area contributed by atoms with Gasteiger partial charge in [-0.3, -0.25) is 9.36 Å². The zero-order valence-electron chi connectivity index (χ0n) is 17.9. The first-order chi connectivity index (χ1) is 15.6. The summed E-state index contributed by atoms with van der Waals surface area (Å²) in [4.78, 5) is 49.6. The smallest absolute Gasteiger partial charge is 0.431 e. The van der Waals surface area contributed by atoms with Crippen LogP contribution in [0.3, 0.4) is 0 Å². The fraction of sp³-hybridized carbons (Fsp3) is 0.400. The molecule has 9 nitrogen and oxygen atoms in total. The summed E-state index contributed by atoms with van der Waals surface area (Å²) in [6.45, 7) is 2.80. The van der Waals surface area contributed by atoms with Gasteiger partial charge < -0.3 is 14.2 Å². The first-order valence-electron chi connectivity index (χ1n) is 9.55. The third-order valence-corrected chi connectivity index (χ3v) is 5.06. The highest BCUT2D eigenvalue weighted by molar-refractivity contribution is 6.33. The Hall–Kier alpha value is -3.19. The van der Waals surface area contributed by atoms with Crippen LogP contribution in [0.25, 0.3) is 5.69 Å². The van der Waals surface area contributed by atoms with Crippen molar-refractivity contribution in [3.63, 3.8) is 0 Å². The van der Waals surface area contributed by atoms with E-state index in [-0.39, 0.29) is 27.9 Å². The molecule has 1 fully saturated rings. The van der Waals surface area contributed by atoms with Gasteiger partial charge in [0.1, 0.15) is 24.2 Å². The van der Waals surface area contributed by atoms with Crippen LogP contribution in [0.1, 0.15) is 29.9 Å². The van der Waals surface area contributed by atoms with Gasteiger partial charge in [-0.2, -0.15) is 13.2 Å². The second-order valence-corrected chi connectivity index (χ2v) is 8.19. The minimum Gasteiger partial charge on any atom is -0.460 e. The highest BCUT2D eigenvalue weighted by atomic mass is 35.5. The van der Waals surface area contributed by atoms with E-state index in [1.165, 1.54) is 13.8 Å². The number of alkyl halides is 3. The number of esters is 2. The van der Waals surface area contributed by atoms with E-state index in [0.717, 1.165) is 7.05 Å². The molecule has 1 saturated heterocycles. The Kier molecular flexibility index (Phi) is 6.64. The van der Waals surface area contributed by atoms with Crippen molar-refractivity contribution >= 4 is 23.5 Å². The fourth-order valence-electron chi connectivity index (χ4n) is 2.82. The van der Waals surface area contributed by atoms with E-state index in [4.69, 9.17) is 25.8 Å². The lowest BCUT2D eigenvalue weighted by molar-refractivity contribution is -0.163. The van der Waals surface area contributed by atoms with E-state index < -0.39 is 62.7 Å². The maximum Gasteiger partial charge on any atom is 0.431 e. The van der Waals surface area contributed by atoms with E-state index in [1.54, 1.807) is 0 Å². The highest BCUT2D eigenvalue weighted by Gasteiger charge is 2.37. The van der Waals surface area contributed by atoms with E-state index in [2.05, 4.69) is 0 Å². The SMILES string of the molecule is Cn1c(C(F)(F)F)cc(=O)n(-c2cc(C(=O)OC(C)(C)C(=O)OC[C@@H]3CO3)c(Cl)cc2F)c1=O. The first-order valence-corrected chi connectivity index (χ1v) is 9.93. The topological polar surface area (TPSA) is 109 Å². The van der Waals surface area contributed by atoms with Gasteiger partial charge in [0.15, 0.2) is 0 Å². The summed E-state index contributed by atoms with van der Waals surface area (Å²) in [6, 6.07) is 1.35. The van der Waals surface area contributed by atoms with Gasteiger partial charge in [0.2, 0.25) is 5.60 Å². The summed E-state index contributed by atoms with van der Waals surface area (Å²) in [7, 11) is 0.741. The second-order valence-electron chi connectivity index (χ2n) is 7.78. The molecule has 0 aliphatic carbocycles. The van der Waals surface area contributed by atoms with Gasteiger partial charge in [0.05, 0.1) is 22.9 Å². The van der Waals surface area contributed by atoms with Crippen LogP contribution in [0.4, 0.5) is 17.6 Å². The normalized spacial score (nSPS) is 15.7. The quantitative estimate of drug-likeness (QED) is 0.334. The number of hydrogen-bond acceptors (Lipinski definition) is 7. The molecule has 0 saturated carbocycles. The van der Waals surface area contributed by atoms with Crippen molar-refractivity contribution in [1.82, 2.24) is 9.13 Å². The molecule has 0 unspecified atom stereocenters. The summed E-state index contributed by atoms with van der Waals surface area (Å²) in [5, 5.41) is -0.501. The number of carbonyl (C=O) groups is 2. The number of aromatic nitrogens is 2. The Bertz CT molecular complexity index is 1280. The number of halogens is 5. The highest BCUT2D eigenvalue weighted by Crippen LogP contribution is 2.28. The molecule has 0 N–H and O–H groups in total. The Labute approximate surface area is 193 Å². The molecule has 2 heterocycles. The standard InChI is InChI=1S/C20H17ClF4N2O7/c1-19(2,17(30)33-8-9-7-32-9)34-16(29)10-4-13(12(22)5-11(10)21)27-15(28)6-14(20(23,24)25)26(3)18(27)31/h4-6,9H,7-8H2,1-3H3/t9-/m0/s1. The van der Waals surface area contributed by atoms with E-state index in [9.17, 15) is 36.7 Å². The molecule has 14 heteroatoms. The zero-order chi connectivity index (χ0) is 25.6. The van der Waals surface area contributed by atoms with Gasteiger partial charge in [0, 0.05) is 13.1 Å². The summed E-state index contributed by atoms with van der Waals surface area (Å²) >= 11 is 5.91. The molecular formula is C20H17ClF4N2O7. The van der Waals surface area contributed by atoms with Crippen LogP contribution in [0.15, 0.2) is 27.8 Å². The molecule has 0 amide bonds.